The number of carboxylic acids is 1. The van der Waals surface area contributed by atoms with Crippen LogP contribution in [0, 0.1) is 5.92 Å². The summed E-state index contributed by atoms with van der Waals surface area (Å²) in [5.74, 6) is -0.263. The molecule has 1 aliphatic carbocycles. The van der Waals surface area contributed by atoms with Crippen molar-refractivity contribution in [2.45, 2.75) is 71.1 Å². The first-order chi connectivity index (χ1) is 11.7. The summed E-state index contributed by atoms with van der Waals surface area (Å²) in [5.41, 5.74) is 5.59. The molecule has 1 atom stereocenters. The first kappa shape index (κ1) is 22.4. The Hall–Kier alpha value is -1.64. The molecule has 0 heterocycles. The predicted octanol–water partition coefficient (Wildman–Crippen LogP) is 4.44. The largest absolute Gasteiger partial charge is 0.481 e. The van der Waals surface area contributed by atoms with E-state index in [0.29, 0.717) is 0 Å². The molecule has 0 fully saturated rings. The van der Waals surface area contributed by atoms with Crippen LogP contribution in [-0.4, -0.2) is 23.6 Å². The fourth-order valence-corrected chi connectivity index (χ4v) is 2.49. The zero-order valence-electron chi connectivity index (χ0n) is 15.0. The molecule has 1 aliphatic rings. The maximum Gasteiger partial charge on any atom is 0.315 e. The lowest BCUT2D eigenvalue weighted by atomic mass is 9.96. The lowest BCUT2D eigenvalue weighted by Gasteiger charge is -2.06. The number of unbranched alkanes of at least 4 members (excludes halogenated alkanes) is 9. The van der Waals surface area contributed by atoms with Crippen molar-refractivity contribution in [2.75, 3.05) is 6.54 Å². The van der Waals surface area contributed by atoms with Gasteiger partial charge in [0.1, 0.15) is 11.9 Å². The van der Waals surface area contributed by atoms with E-state index in [0.717, 1.165) is 6.54 Å². The number of hydrogen-bond donors (Lipinski definition) is 2. The fourth-order valence-electron chi connectivity index (χ4n) is 2.49. The van der Waals surface area contributed by atoms with Crippen LogP contribution in [0.15, 0.2) is 29.9 Å². The number of rotatable bonds is 11. The van der Waals surface area contributed by atoms with Gasteiger partial charge in [-0.05, 0) is 19.0 Å². The molecule has 0 saturated carbocycles. The molecule has 24 heavy (non-hydrogen) atoms. The van der Waals surface area contributed by atoms with Gasteiger partial charge in [0, 0.05) is 0 Å². The number of nitrogens with two attached hydrogens (primary N) is 1. The van der Waals surface area contributed by atoms with Crippen LogP contribution in [0.3, 0.4) is 0 Å². The van der Waals surface area contributed by atoms with Gasteiger partial charge in [-0.2, -0.15) is 0 Å². The van der Waals surface area contributed by atoms with Crippen molar-refractivity contribution in [3.8, 4) is 0 Å². The summed E-state index contributed by atoms with van der Waals surface area (Å²) in [7, 11) is 0. The van der Waals surface area contributed by atoms with Gasteiger partial charge in [0.05, 0.1) is 5.57 Å². The van der Waals surface area contributed by atoms with Gasteiger partial charge in [-0.25, -0.2) is 4.79 Å². The molecule has 0 aromatic rings. The zero-order chi connectivity index (χ0) is 18.0. The van der Waals surface area contributed by atoms with E-state index in [1.54, 1.807) is 18.1 Å². The molecule has 0 aliphatic heterocycles. The summed E-state index contributed by atoms with van der Waals surface area (Å²) < 4.78 is 0. The maximum atomic E-state index is 10.4. The van der Waals surface area contributed by atoms with Crippen LogP contribution in [0.2, 0.25) is 0 Å². The van der Waals surface area contributed by atoms with E-state index >= 15 is 0 Å². The summed E-state index contributed by atoms with van der Waals surface area (Å²) in [5, 5.41) is 8.55. The molecule has 0 radical (unpaired) electrons. The highest BCUT2D eigenvalue weighted by molar-refractivity contribution is 5.82. The van der Waals surface area contributed by atoms with Gasteiger partial charge in [-0.1, -0.05) is 82.9 Å². The van der Waals surface area contributed by atoms with Gasteiger partial charge in [-0.3, -0.25) is 4.79 Å². The topological polar surface area (TPSA) is 80.4 Å². The first-order valence-corrected chi connectivity index (χ1v) is 9.20. The molecule has 3 N–H and O–H groups in total. The third-order valence-electron chi connectivity index (χ3n) is 3.97. The molecular formula is C20H33NO3. The second-order valence-electron chi connectivity index (χ2n) is 6.09. The van der Waals surface area contributed by atoms with E-state index in [2.05, 4.69) is 6.92 Å². The molecule has 4 heteroatoms. The smallest absolute Gasteiger partial charge is 0.315 e. The second-order valence-corrected chi connectivity index (χ2v) is 6.09. The molecule has 1 unspecified atom stereocenters. The van der Waals surface area contributed by atoms with Crippen LogP contribution in [0.4, 0.5) is 0 Å². The number of carboxylic acid groups (broad SMARTS) is 1. The molecule has 0 spiro atoms. The van der Waals surface area contributed by atoms with E-state index in [4.69, 9.17) is 10.8 Å². The van der Waals surface area contributed by atoms with Crippen LogP contribution < -0.4 is 5.73 Å². The highest BCUT2D eigenvalue weighted by Crippen LogP contribution is 2.15. The Bertz CT molecular complexity index is 424. The zero-order valence-corrected chi connectivity index (χ0v) is 15.0. The Kier molecular flexibility index (Phi) is 15.1. The standard InChI is InChI=1S/C12H27N.C8H6O3/c1-2-3-4-5-6-7-8-9-10-11-12-13;9-5-6-3-1-2-4-7(6)8(10)11/h2-13H2,1H3;1-4,7H,(H,10,11). The van der Waals surface area contributed by atoms with Crippen molar-refractivity contribution in [2.24, 2.45) is 11.7 Å². The van der Waals surface area contributed by atoms with Crippen LogP contribution in [0.5, 0.6) is 0 Å². The van der Waals surface area contributed by atoms with Gasteiger partial charge in [0.2, 0.25) is 0 Å². The molecule has 136 valence electrons. The van der Waals surface area contributed by atoms with Crippen molar-refractivity contribution >= 4 is 11.9 Å². The highest BCUT2D eigenvalue weighted by Gasteiger charge is 2.19. The van der Waals surface area contributed by atoms with E-state index in [1.807, 2.05) is 0 Å². The van der Waals surface area contributed by atoms with Crippen LogP contribution in [0.1, 0.15) is 71.1 Å². The Labute approximate surface area is 146 Å². The minimum Gasteiger partial charge on any atom is -0.481 e. The molecule has 4 nitrogen and oxygen atoms in total. The van der Waals surface area contributed by atoms with Crippen molar-refractivity contribution in [1.29, 1.82) is 0 Å². The summed E-state index contributed by atoms with van der Waals surface area (Å²) in [6, 6.07) is 0. The van der Waals surface area contributed by atoms with Gasteiger partial charge >= 0.3 is 5.97 Å². The summed E-state index contributed by atoms with van der Waals surface area (Å²) in [4.78, 5) is 20.6. The molecule has 1 rings (SSSR count). The summed E-state index contributed by atoms with van der Waals surface area (Å²) >= 11 is 0. The lowest BCUT2D eigenvalue weighted by Crippen LogP contribution is -2.14. The van der Waals surface area contributed by atoms with Gasteiger partial charge in [0.25, 0.3) is 0 Å². The van der Waals surface area contributed by atoms with Crippen molar-refractivity contribution in [3.05, 3.63) is 29.9 Å². The van der Waals surface area contributed by atoms with Crippen molar-refractivity contribution in [3.63, 3.8) is 0 Å². The minimum atomic E-state index is -1.02. The van der Waals surface area contributed by atoms with Gasteiger partial charge in [-0.15, -0.1) is 0 Å². The molecule has 0 aromatic carbocycles. The molecule has 0 bridgehead atoms. The third kappa shape index (κ3) is 11.9. The van der Waals surface area contributed by atoms with Crippen LogP contribution >= 0.6 is 0 Å². The fraction of sp³-hybridized carbons (Fsp3) is 0.650. The van der Waals surface area contributed by atoms with Crippen LogP contribution in [0.25, 0.3) is 0 Å². The normalized spacial score (nSPS) is 15.6. The Morgan fingerprint density at radius 1 is 1.04 bits per heavy atom. The van der Waals surface area contributed by atoms with Gasteiger partial charge < -0.3 is 10.8 Å². The van der Waals surface area contributed by atoms with E-state index in [1.165, 1.54) is 76.4 Å². The third-order valence-corrected chi connectivity index (χ3v) is 3.97. The highest BCUT2D eigenvalue weighted by atomic mass is 16.4. The summed E-state index contributed by atoms with van der Waals surface area (Å²) in [6.45, 7) is 3.14. The average molecular weight is 335 g/mol. The molecule has 0 aromatic heterocycles. The summed E-state index contributed by atoms with van der Waals surface area (Å²) in [6.07, 6.45) is 20.0. The quantitative estimate of drug-likeness (QED) is 0.432. The number of aliphatic carboxylic acids is 1. The minimum absolute atomic E-state index is 0.167. The average Bonchev–Trinajstić information content (AvgIpc) is 2.61. The van der Waals surface area contributed by atoms with Crippen molar-refractivity contribution < 1.29 is 14.7 Å². The molecular weight excluding hydrogens is 302 g/mol. The van der Waals surface area contributed by atoms with E-state index in [-0.39, 0.29) is 5.57 Å². The predicted molar refractivity (Wildman–Crippen MR) is 99.5 cm³/mol. The number of carbonyl (C=O) groups excluding carboxylic acids is 1. The maximum absolute atomic E-state index is 10.4. The molecule has 0 amide bonds. The van der Waals surface area contributed by atoms with Crippen LogP contribution in [-0.2, 0) is 9.59 Å². The number of hydrogen-bond acceptors (Lipinski definition) is 3. The Morgan fingerprint density at radius 3 is 2.00 bits per heavy atom. The monoisotopic (exact) mass is 335 g/mol. The van der Waals surface area contributed by atoms with E-state index < -0.39 is 11.9 Å². The first-order valence-electron chi connectivity index (χ1n) is 9.20. The second kappa shape index (κ2) is 16.2. The Balaban J connectivity index is 0.000000446. The molecule has 0 saturated heterocycles. The lowest BCUT2D eigenvalue weighted by molar-refractivity contribution is -0.138. The number of carbonyl (C=O) groups is 1. The SMILES string of the molecule is CCCCCCCCCCCCN.O=C=C1C=CC=CC1C(=O)O. The van der Waals surface area contributed by atoms with Gasteiger partial charge in [0.15, 0.2) is 0 Å². The Morgan fingerprint density at radius 2 is 1.58 bits per heavy atom. The number of allylic oxidation sites excluding steroid dienone is 3. The van der Waals surface area contributed by atoms with Crippen molar-refractivity contribution in [1.82, 2.24) is 0 Å². The van der Waals surface area contributed by atoms with E-state index in [9.17, 15) is 9.59 Å².